The van der Waals surface area contributed by atoms with Crippen LogP contribution in [0.1, 0.15) is 31.7 Å². The number of nitrogens with zero attached hydrogens (tertiary/aromatic N) is 3. The quantitative estimate of drug-likeness (QED) is 0.471. The van der Waals surface area contributed by atoms with Crippen molar-refractivity contribution in [3.05, 3.63) is 52.9 Å². The van der Waals surface area contributed by atoms with E-state index in [1.165, 1.54) is 35.6 Å². The third-order valence-corrected chi connectivity index (χ3v) is 4.72. The van der Waals surface area contributed by atoms with Gasteiger partial charge in [-0.1, -0.05) is 12.1 Å². The average molecular weight is 371 g/mol. The highest BCUT2D eigenvalue weighted by atomic mass is 32.1. The number of halogens is 1. The summed E-state index contributed by atoms with van der Waals surface area (Å²) in [5.74, 6) is 0.367. The van der Waals surface area contributed by atoms with E-state index < -0.39 is 5.60 Å². The minimum Gasteiger partial charge on any atom is -0.387 e. The van der Waals surface area contributed by atoms with Crippen molar-refractivity contribution in [2.24, 2.45) is 10.7 Å². The molecule has 0 radical (unpaired) electrons. The van der Waals surface area contributed by atoms with Crippen LogP contribution in [0.4, 0.5) is 10.2 Å². The van der Waals surface area contributed by atoms with Gasteiger partial charge in [0.15, 0.2) is 11.6 Å². The van der Waals surface area contributed by atoms with Gasteiger partial charge in [-0.25, -0.2) is 19.4 Å². The Labute approximate surface area is 153 Å². The van der Waals surface area contributed by atoms with Gasteiger partial charge in [-0.3, -0.25) is 0 Å². The first-order valence-corrected chi connectivity index (χ1v) is 8.76. The molecule has 6 nitrogen and oxygen atoms in total. The number of hydrogen-bond donors (Lipinski definition) is 3. The number of nitrogens with two attached hydrogens (primary N) is 1. The molecule has 26 heavy (non-hydrogen) atoms. The lowest BCUT2D eigenvalue weighted by atomic mass is 9.95. The summed E-state index contributed by atoms with van der Waals surface area (Å²) in [6.45, 7) is 3.19. The molecule has 3 aromatic rings. The van der Waals surface area contributed by atoms with Crippen LogP contribution >= 0.6 is 11.3 Å². The topological polar surface area (TPSA) is 108 Å². The zero-order valence-corrected chi connectivity index (χ0v) is 15.1. The van der Waals surface area contributed by atoms with Crippen LogP contribution in [0.5, 0.6) is 0 Å². The van der Waals surface area contributed by atoms with E-state index in [9.17, 15) is 9.50 Å². The van der Waals surface area contributed by atoms with E-state index in [-0.39, 0.29) is 23.9 Å². The largest absolute Gasteiger partial charge is 0.387 e. The highest BCUT2D eigenvalue weighted by Gasteiger charge is 2.30. The summed E-state index contributed by atoms with van der Waals surface area (Å²) in [7, 11) is 0. The summed E-state index contributed by atoms with van der Waals surface area (Å²) in [5, 5.41) is 20.4. The van der Waals surface area contributed by atoms with E-state index in [1.807, 2.05) is 11.4 Å². The summed E-state index contributed by atoms with van der Waals surface area (Å²) < 4.78 is 13.9. The second kappa shape index (κ2) is 6.89. The van der Waals surface area contributed by atoms with Crippen molar-refractivity contribution >= 4 is 38.9 Å². The summed E-state index contributed by atoms with van der Waals surface area (Å²) in [4.78, 5) is 13.2. The van der Waals surface area contributed by atoms with Crippen molar-refractivity contribution < 1.29 is 9.50 Å². The van der Waals surface area contributed by atoms with Crippen molar-refractivity contribution in [1.29, 1.82) is 5.41 Å². The van der Waals surface area contributed by atoms with Crippen LogP contribution in [-0.4, -0.2) is 26.6 Å². The zero-order chi connectivity index (χ0) is 18.9. The molecular formula is C18H18FN5OS. The molecule has 2 aromatic heterocycles. The fraction of sp³-hybridized carbons (Fsp3) is 0.222. The number of nitrogens with one attached hydrogen (secondary N) is 1. The Bertz CT molecular complexity index is 994. The standard InChI is InChI=1S/C18H18FN5OS/c1-10(20)9-14(21)23-16-15-13(7-8-26-15)22-17(24-16)18(2,25)11-3-5-12(19)6-4-11/h3-8,20,25H,9H2,1-2H3,(H2,21,22,23,24). The molecule has 0 aliphatic carbocycles. The van der Waals surface area contributed by atoms with Gasteiger partial charge in [0.1, 0.15) is 17.3 Å². The Balaban J connectivity index is 2.12. The maximum atomic E-state index is 13.2. The molecule has 0 bridgehead atoms. The van der Waals surface area contributed by atoms with Gasteiger partial charge in [0.2, 0.25) is 0 Å². The predicted molar refractivity (Wildman–Crippen MR) is 102 cm³/mol. The maximum Gasteiger partial charge on any atom is 0.175 e. The number of aliphatic imine (C=N–C) groups is 1. The monoisotopic (exact) mass is 371 g/mol. The van der Waals surface area contributed by atoms with Crippen molar-refractivity contribution in [3.8, 4) is 0 Å². The maximum absolute atomic E-state index is 13.2. The molecule has 134 valence electrons. The van der Waals surface area contributed by atoms with Gasteiger partial charge in [0, 0.05) is 12.1 Å². The Morgan fingerprint density at radius 1 is 1.31 bits per heavy atom. The first-order valence-electron chi connectivity index (χ1n) is 7.88. The Hall–Kier alpha value is -2.71. The van der Waals surface area contributed by atoms with Crippen molar-refractivity contribution in [1.82, 2.24) is 9.97 Å². The molecule has 0 fully saturated rings. The van der Waals surface area contributed by atoms with E-state index in [1.54, 1.807) is 13.8 Å². The second-order valence-electron chi connectivity index (χ2n) is 6.15. The molecule has 1 unspecified atom stereocenters. The average Bonchev–Trinajstić information content (AvgIpc) is 3.03. The summed E-state index contributed by atoms with van der Waals surface area (Å²) in [6, 6.07) is 7.34. The Morgan fingerprint density at radius 2 is 2.00 bits per heavy atom. The Kier molecular flexibility index (Phi) is 4.80. The smallest absolute Gasteiger partial charge is 0.175 e. The highest BCUT2D eigenvalue weighted by molar-refractivity contribution is 7.17. The van der Waals surface area contributed by atoms with E-state index in [0.29, 0.717) is 22.6 Å². The van der Waals surface area contributed by atoms with Crippen LogP contribution in [0.25, 0.3) is 10.2 Å². The number of rotatable bonds is 5. The SMILES string of the molecule is CC(=N)CC(N)=Nc1nc(C(C)(O)c2ccc(F)cc2)nc2ccsc12. The molecule has 0 amide bonds. The molecule has 0 saturated carbocycles. The minimum atomic E-state index is -1.53. The fourth-order valence-corrected chi connectivity index (χ4v) is 3.26. The van der Waals surface area contributed by atoms with Crippen molar-refractivity contribution in [3.63, 3.8) is 0 Å². The molecule has 1 atom stereocenters. The molecule has 0 saturated heterocycles. The first-order chi connectivity index (χ1) is 12.3. The van der Waals surface area contributed by atoms with Gasteiger partial charge in [0.05, 0.1) is 10.2 Å². The number of aliphatic hydroxyl groups is 1. The molecule has 8 heteroatoms. The normalized spacial score (nSPS) is 14.4. The predicted octanol–water partition coefficient (Wildman–Crippen LogP) is 3.50. The van der Waals surface area contributed by atoms with Gasteiger partial charge >= 0.3 is 0 Å². The lowest BCUT2D eigenvalue weighted by molar-refractivity contribution is 0.0926. The number of fused-ring (bicyclic) bond motifs is 1. The third-order valence-electron chi connectivity index (χ3n) is 3.82. The third kappa shape index (κ3) is 3.61. The molecule has 3 rings (SSSR count). The van der Waals surface area contributed by atoms with Crippen LogP contribution in [0.15, 0.2) is 40.7 Å². The van der Waals surface area contributed by atoms with Crippen LogP contribution in [0, 0.1) is 11.2 Å². The lowest BCUT2D eigenvalue weighted by Gasteiger charge is -2.22. The van der Waals surface area contributed by atoms with Crippen LogP contribution in [0.3, 0.4) is 0 Å². The lowest BCUT2D eigenvalue weighted by Crippen LogP contribution is -2.26. The van der Waals surface area contributed by atoms with Crippen LogP contribution in [-0.2, 0) is 5.60 Å². The zero-order valence-electron chi connectivity index (χ0n) is 14.3. The van der Waals surface area contributed by atoms with E-state index in [4.69, 9.17) is 11.1 Å². The number of amidine groups is 1. The fourth-order valence-electron chi connectivity index (χ4n) is 2.49. The Morgan fingerprint density at radius 3 is 2.65 bits per heavy atom. The molecule has 1 aromatic carbocycles. The highest BCUT2D eigenvalue weighted by Crippen LogP contribution is 2.33. The van der Waals surface area contributed by atoms with Crippen molar-refractivity contribution in [2.45, 2.75) is 25.9 Å². The first kappa shape index (κ1) is 18.1. The number of benzene rings is 1. The summed E-state index contributed by atoms with van der Waals surface area (Å²) in [6.07, 6.45) is 0.237. The van der Waals surface area contributed by atoms with E-state index in [2.05, 4.69) is 15.0 Å². The molecule has 0 spiro atoms. The molecular weight excluding hydrogens is 353 g/mol. The van der Waals surface area contributed by atoms with Crippen LogP contribution < -0.4 is 5.73 Å². The number of thiophene rings is 1. The van der Waals surface area contributed by atoms with Gasteiger partial charge in [0.25, 0.3) is 0 Å². The molecule has 0 aliphatic rings. The van der Waals surface area contributed by atoms with E-state index in [0.717, 1.165) is 4.70 Å². The van der Waals surface area contributed by atoms with Gasteiger partial charge in [-0.05, 0) is 43.0 Å². The summed E-state index contributed by atoms with van der Waals surface area (Å²) >= 11 is 1.42. The number of aromatic nitrogens is 2. The summed E-state index contributed by atoms with van der Waals surface area (Å²) in [5.41, 5.74) is 5.87. The van der Waals surface area contributed by atoms with Crippen molar-refractivity contribution in [2.75, 3.05) is 0 Å². The van der Waals surface area contributed by atoms with Crippen LogP contribution in [0.2, 0.25) is 0 Å². The van der Waals surface area contributed by atoms with Gasteiger partial charge < -0.3 is 16.2 Å². The van der Waals surface area contributed by atoms with E-state index >= 15 is 0 Å². The second-order valence-corrected chi connectivity index (χ2v) is 7.06. The van der Waals surface area contributed by atoms with Gasteiger partial charge in [-0.15, -0.1) is 11.3 Å². The number of hydrogen-bond acceptors (Lipinski definition) is 6. The van der Waals surface area contributed by atoms with Gasteiger partial charge in [-0.2, -0.15) is 0 Å². The minimum absolute atomic E-state index is 0.146. The molecule has 2 heterocycles. The molecule has 0 aliphatic heterocycles. The molecule has 4 N–H and O–H groups in total.